The first-order valence-corrected chi connectivity index (χ1v) is 9.90. The van der Waals surface area contributed by atoms with Crippen molar-refractivity contribution in [2.24, 2.45) is 22.9 Å². The van der Waals surface area contributed by atoms with Gasteiger partial charge in [0.25, 0.3) is 0 Å². The van der Waals surface area contributed by atoms with E-state index in [0.29, 0.717) is 0 Å². The van der Waals surface area contributed by atoms with Crippen LogP contribution < -0.4 is 0 Å². The molecule has 1 saturated heterocycles. The highest BCUT2D eigenvalue weighted by atomic mass is 32.2. The van der Waals surface area contributed by atoms with E-state index in [4.69, 9.17) is 19.7 Å². The topological polar surface area (TPSA) is 128 Å². The third-order valence-electron chi connectivity index (χ3n) is 3.75. The Morgan fingerprint density at radius 2 is 1.33 bits per heavy atom. The maximum atomic E-state index is 12.2. The van der Waals surface area contributed by atoms with Crippen LogP contribution in [0.25, 0.3) is 10.4 Å². The van der Waals surface area contributed by atoms with Crippen LogP contribution in [-0.2, 0) is 28.6 Å². The van der Waals surface area contributed by atoms with Gasteiger partial charge in [-0.25, -0.2) is 0 Å². The summed E-state index contributed by atoms with van der Waals surface area (Å²) in [6.45, 7) is 10.0. The second kappa shape index (κ2) is 10.4. The number of ether oxygens (including phenoxy) is 3. The average molecular weight is 401 g/mol. The Kier molecular flexibility index (Phi) is 8.92. The Morgan fingerprint density at radius 1 is 0.889 bits per heavy atom. The highest BCUT2D eigenvalue weighted by Gasteiger charge is 2.47. The van der Waals surface area contributed by atoms with Crippen molar-refractivity contribution in [3.05, 3.63) is 10.4 Å². The lowest BCUT2D eigenvalue weighted by Crippen LogP contribution is -2.54. The van der Waals surface area contributed by atoms with E-state index in [9.17, 15) is 14.4 Å². The van der Waals surface area contributed by atoms with Crippen LogP contribution in [0.5, 0.6) is 0 Å². The number of nitrogens with zero attached hydrogens (tertiary/aromatic N) is 3. The van der Waals surface area contributed by atoms with Crippen molar-refractivity contribution >= 4 is 29.7 Å². The lowest BCUT2D eigenvalue weighted by Gasteiger charge is -2.39. The molecule has 1 rings (SSSR count). The van der Waals surface area contributed by atoms with Gasteiger partial charge >= 0.3 is 17.9 Å². The van der Waals surface area contributed by atoms with Gasteiger partial charge in [-0.05, 0) is 5.53 Å². The summed E-state index contributed by atoms with van der Waals surface area (Å²) >= 11 is 1.18. The Labute approximate surface area is 163 Å². The average Bonchev–Trinajstić information content (AvgIpc) is 2.58. The molecule has 0 radical (unpaired) electrons. The largest absolute Gasteiger partial charge is 0.457 e. The second-order valence-corrected chi connectivity index (χ2v) is 8.32. The summed E-state index contributed by atoms with van der Waals surface area (Å²) in [6, 6.07) is 0. The van der Waals surface area contributed by atoms with Gasteiger partial charge in [0.2, 0.25) is 0 Å². The Balaban J connectivity index is 3.20. The highest BCUT2D eigenvalue weighted by molar-refractivity contribution is 8.00. The van der Waals surface area contributed by atoms with Crippen molar-refractivity contribution in [1.29, 1.82) is 0 Å². The van der Waals surface area contributed by atoms with Crippen LogP contribution >= 0.6 is 11.8 Å². The molecule has 1 aliphatic heterocycles. The van der Waals surface area contributed by atoms with Crippen LogP contribution in [0.4, 0.5) is 0 Å². The summed E-state index contributed by atoms with van der Waals surface area (Å²) in [6.07, 6.45) is -2.92. The molecule has 1 aliphatic rings. The Hall–Kier alpha value is -1.93. The Bertz CT molecular complexity index is 603. The van der Waals surface area contributed by atoms with Crippen LogP contribution in [-0.4, -0.2) is 47.3 Å². The molecule has 1 unspecified atom stereocenters. The predicted molar refractivity (Wildman–Crippen MR) is 99.5 cm³/mol. The van der Waals surface area contributed by atoms with Gasteiger partial charge in [0, 0.05) is 10.7 Å². The SMILES string of the molecule is CC(C)C(=O)O[C@H]1[C@H](OC(=O)C(C)C)CSC(N=[N+]=[N-])[C@@H]1OC(=O)C(C)C. The summed E-state index contributed by atoms with van der Waals surface area (Å²) in [5, 5.41) is 2.87. The summed E-state index contributed by atoms with van der Waals surface area (Å²) in [4.78, 5) is 39.2. The monoisotopic (exact) mass is 401 g/mol. The van der Waals surface area contributed by atoms with E-state index < -0.39 is 53.4 Å². The number of esters is 3. The van der Waals surface area contributed by atoms with Crippen molar-refractivity contribution in [2.45, 2.75) is 65.2 Å². The molecular formula is C17H27N3O6S. The van der Waals surface area contributed by atoms with Crippen molar-refractivity contribution in [2.75, 3.05) is 5.75 Å². The minimum Gasteiger partial charge on any atom is -0.457 e. The molecular weight excluding hydrogens is 374 g/mol. The molecule has 4 atom stereocenters. The van der Waals surface area contributed by atoms with Crippen molar-refractivity contribution in [3.8, 4) is 0 Å². The van der Waals surface area contributed by atoms with Gasteiger partial charge in [-0.15, -0.1) is 11.8 Å². The van der Waals surface area contributed by atoms with Gasteiger partial charge in [-0.1, -0.05) is 46.7 Å². The molecule has 9 nitrogen and oxygen atoms in total. The van der Waals surface area contributed by atoms with Crippen molar-refractivity contribution in [1.82, 2.24) is 0 Å². The molecule has 1 heterocycles. The summed E-state index contributed by atoms with van der Waals surface area (Å²) < 4.78 is 16.5. The molecule has 0 aromatic rings. The van der Waals surface area contributed by atoms with Crippen LogP contribution in [0.1, 0.15) is 41.5 Å². The second-order valence-electron chi connectivity index (χ2n) is 7.17. The van der Waals surface area contributed by atoms with Crippen LogP contribution in [0.3, 0.4) is 0 Å². The number of carbonyl (C=O) groups excluding carboxylic acids is 3. The van der Waals surface area contributed by atoms with E-state index >= 15 is 0 Å². The first-order valence-electron chi connectivity index (χ1n) is 8.85. The summed E-state index contributed by atoms with van der Waals surface area (Å²) in [5.74, 6) is -2.50. The molecule has 27 heavy (non-hydrogen) atoms. The highest BCUT2D eigenvalue weighted by Crippen LogP contribution is 2.34. The normalized spacial score (nSPS) is 25.1. The van der Waals surface area contributed by atoms with Gasteiger partial charge < -0.3 is 14.2 Å². The summed E-state index contributed by atoms with van der Waals surface area (Å²) in [7, 11) is 0. The van der Waals surface area contributed by atoms with E-state index in [1.165, 1.54) is 11.8 Å². The zero-order chi connectivity index (χ0) is 20.7. The molecule has 0 spiro atoms. The molecule has 0 saturated carbocycles. The third-order valence-corrected chi connectivity index (χ3v) is 4.98. The zero-order valence-electron chi connectivity index (χ0n) is 16.4. The first kappa shape index (κ1) is 23.1. The molecule has 0 amide bonds. The molecule has 0 bridgehead atoms. The molecule has 1 fully saturated rings. The number of thioether (sulfide) groups is 1. The summed E-state index contributed by atoms with van der Waals surface area (Å²) in [5.41, 5.74) is 8.83. The van der Waals surface area contributed by atoms with Gasteiger partial charge in [-0.2, -0.15) is 0 Å². The lowest BCUT2D eigenvalue weighted by atomic mass is 10.1. The fraction of sp³-hybridized carbons (Fsp3) is 0.824. The minimum atomic E-state index is -1.05. The lowest BCUT2D eigenvalue weighted by molar-refractivity contribution is -0.188. The third kappa shape index (κ3) is 6.62. The van der Waals surface area contributed by atoms with E-state index in [2.05, 4.69) is 10.0 Å². The van der Waals surface area contributed by atoms with Gasteiger partial charge in [-0.3, -0.25) is 14.4 Å². The maximum absolute atomic E-state index is 12.2. The number of rotatable bonds is 7. The molecule has 152 valence electrons. The maximum Gasteiger partial charge on any atom is 0.308 e. The van der Waals surface area contributed by atoms with E-state index in [0.717, 1.165) is 0 Å². The number of carbonyl (C=O) groups is 3. The van der Waals surface area contributed by atoms with Gasteiger partial charge in [0.1, 0.15) is 5.37 Å². The van der Waals surface area contributed by atoms with E-state index in [-0.39, 0.29) is 11.7 Å². The fourth-order valence-corrected chi connectivity index (χ4v) is 3.26. The molecule has 0 N–H and O–H groups in total. The minimum absolute atomic E-state index is 0.244. The number of azide groups is 1. The zero-order valence-corrected chi connectivity index (χ0v) is 17.3. The van der Waals surface area contributed by atoms with Gasteiger partial charge in [0.15, 0.2) is 18.3 Å². The standard InChI is InChI=1S/C17H27N3O6S/c1-8(2)15(21)24-11-7-27-14(19-20-18)13(26-17(23)10(5)6)12(11)25-16(22)9(3)4/h8-14H,7H2,1-6H3/t11-,12+,13-,14?/m1/s1. The van der Waals surface area contributed by atoms with Crippen LogP contribution in [0.2, 0.25) is 0 Å². The molecule has 0 aromatic carbocycles. The fourth-order valence-electron chi connectivity index (χ4n) is 2.10. The van der Waals surface area contributed by atoms with Crippen LogP contribution in [0.15, 0.2) is 5.11 Å². The molecule has 0 aromatic heterocycles. The quantitative estimate of drug-likeness (QED) is 0.211. The first-order chi connectivity index (χ1) is 12.6. The van der Waals surface area contributed by atoms with Crippen molar-refractivity contribution in [3.63, 3.8) is 0 Å². The molecule has 10 heteroatoms. The smallest absolute Gasteiger partial charge is 0.308 e. The van der Waals surface area contributed by atoms with Crippen molar-refractivity contribution < 1.29 is 28.6 Å². The Morgan fingerprint density at radius 3 is 1.78 bits per heavy atom. The number of hydrogen-bond donors (Lipinski definition) is 0. The molecule has 0 aliphatic carbocycles. The predicted octanol–water partition coefficient (Wildman–Crippen LogP) is 3.07. The number of hydrogen-bond acceptors (Lipinski definition) is 8. The van der Waals surface area contributed by atoms with Crippen LogP contribution in [0, 0.1) is 17.8 Å². The van der Waals surface area contributed by atoms with E-state index in [1.807, 2.05) is 0 Å². The van der Waals surface area contributed by atoms with E-state index in [1.54, 1.807) is 41.5 Å². The van der Waals surface area contributed by atoms with Gasteiger partial charge in [0.05, 0.1) is 17.8 Å².